The standard InChI is InChI=1S/C16H20F3N5/c1-3-9-24(10-4-2)15-22-14(11-20-23-15)21-13-8-6-5-7-12(13)16(17,18)19/h5-8,11H,3-4,9-10H2,1-2H3,(H,21,22,23). The van der Waals surface area contributed by atoms with E-state index in [-0.39, 0.29) is 11.5 Å². The van der Waals surface area contributed by atoms with E-state index in [0.29, 0.717) is 5.95 Å². The van der Waals surface area contributed by atoms with Gasteiger partial charge in [0, 0.05) is 13.1 Å². The fourth-order valence-electron chi connectivity index (χ4n) is 2.32. The summed E-state index contributed by atoms with van der Waals surface area (Å²) in [6.07, 6.45) is -1.30. The summed E-state index contributed by atoms with van der Waals surface area (Å²) in [5, 5.41) is 10.6. The summed E-state index contributed by atoms with van der Waals surface area (Å²) < 4.78 is 39.2. The first-order valence-electron chi connectivity index (χ1n) is 7.83. The predicted molar refractivity (Wildman–Crippen MR) is 87.3 cm³/mol. The Labute approximate surface area is 138 Å². The number of hydrogen-bond acceptors (Lipinski definition) is 5. The van der Waals surface area contributed by atoms with Crippen LogP contribution in [0.15, 0.2) is 30.5 Å². The van der Waals surface area contributed by atoms with Crippen molar-refractivity contribution in [3.63, 3.8) is 0 Å². The monoisotopic (exact) mass is 339 g/mol. The van der Waals surface area contributed by atoms with Gasteiger partial charge in [0.25, 0.3) is 0 Å². The molecule has 0 unspecified atom stereocenters. The Morgan fingerprint density at radius 3 is 2.38 bits per heavy atom. The number of anilines is 3. The second-order valence-corrected chi connectivity index (χ2v) is 5.30. The second-order valence-electron chi connectivity index (χ2n) is 5.30. The van der Waals surface area contributed by atoms with Gasteiger partial charge in [-0.25, -0.2) is 0 Å². The first kappa shape index (κ1) is 18.0. The van der Waals surface area contributed by atoms with Gasteiger partial charge in [-0.15, -0.1) is 5.10 Å². The smallest absolute Gasteiger partial charge is 0.339 e. The molecule has 0 aliphatic rings. The van der Waals surface area contributed by atoms with E-state index in [1.54, 1.807) is 0 Å². The minimum Gasteiger partial charge on any atom is -0.339 e. The van der Waals surface area contributed by atoms with E-state index in [4.69, 9.17) is 0 Å². The average Bonchev–Trinajstić information content (AvgIpc) is 2.54. The lowest BCUT2D eigenvalue weighted by Gasteiger charge is -2.21. The quantitative estimate of drug-likeness (QED) is 0.817. The molecule has 0 bridgehead atoms. The molecule has 1 heterocycles. The molecule has 2 aromatic rings. The Balaban J connectivity index is 2.27. The van der Waals surface area contributed by atoms with Crippen LogP contribution in [0, 0.1) is 0 Å². The summed E-state index contributed by atoms with van der Waals surface area (Å²) in [7, 11) is 0. The summed E-state index contributed by atoms with van der Waals surface area (Å²) in [5.74, 6) is 0.641. The molecule has 0 aliphatic carbocycles. The number of nitrogens with one attached hydrogen (secondary N) is 1. The number of hydrogen-bond donors (Lipinski definition) is 1. The molecule has 0 fully saturated rings. The Hall–Kier alpha value is -2.38. The maximum absolute atomic E-state index is 13.1. The molecule has 1 N–H and O–H groups in total. The van der Waals surface area contributed by atoms with E-state index in [1.165, 1.54) is 24.4 Å². The van der Waals surface area contributed by atoms with Crippen LogP contribution in [0.5, 0.6) is 0 Å². The van der Waals surface area contributed by atoms with E-state index < -0.39 is 11.7 Å². The number of benzene rings is 1. The van der Waals surface area contributed by atoms with Crippen molar-refractivity contribution in [2.75, 3.05) is 23.3 Å². The van der Waals surface area contributed by atoms with E-state index in [0.717, 1.165) is 32.0 Å². The molecule has 0 saturated carbocycles. The summed E-state index contributed by atoms with van der Waals surface area (Å²) in [4.78, 5) is 6.27. The lowest BCUT2D eigenvalue weighted by molar-refractivity contribution is -0.136. The highest BCUT2D eigenvalue weighted by Crippen LogP contribution is 2.35. The molecular weight excluding hydrogens is 319 g/mol. The van der Waals surface area contributed by atoms with Crippen molar-refractivity contribution in [3.05, 3.63) is 36.0 Å². The molecule has 130 valence electrons. The van der Waals surface area contributed by atoms with Crippen LogP contribution in [0.2, 0.25) is 0 Å². The summed E-state index contributed by atoms with van der Waals surface area (Å²) in [6.45, 7) is 5.60. The largest absolute Gasteiger partial charge is 0.418 e. The van der Waals surface area contributed by atoms with Crippen molar-refractivity contribution in [2.24, 2.45) is 0 Å². The molecule has 0 saturated heterocycles. The minimum atomic E-state index is -4.44. The van der Waals surface area contributed by atoms with Crippen molar-refractivity contribution >= 4 is 17.5 Å². The third-order valence-electron chi connectivity index (χ3n) is 3.31. The van der Waals surface area contributed by atoms with Crippen molar-refractivity contribution in [1.29, 1.82) is 0 Å². The molecule has 0 amide bonds. The molecule has 0 spiro atoms. The molecule has 24 heavy (non-hydrogen) atoms. The van der Waals surface area contributed by atoms with Crippen LogP contribution in [0.3, 0.4) is 0 Å². The van der Waals surface area contributed by atoms with Gasteiger partial charge in [-0.05, 0) is 25.0 Å². The van der Waals surface area contributed by atoms with Crippen molar-refractivity contribution in [3.8, 4) is 0 Å². The Bertz CT molecular complexity index is 654. The first-order chi connectivity index (χ1) is 11.5. The van der Waals surface area contributed by atoms with Gasteiger partial charge in [-0.3, -0.25) is 0 Å². The molecule has 0 atom stereocenters. The van der Waals surface area contributed by atoms with Gasteiger partial charge in [-0.2, -0.15) is 23.3 Å². The van der Waals surface area contributed by atoms with Crippen molar-refractivity contribution < 1.29 is 13.2 Å². The maximum Gasteiger partial charge on any atom is 0.418 e. The van der Waals surface area contributed by atoms with Crippen LogP contribution >= 0.6 is 0 Å². The summed E-state index contributed by atoms with van der Waals surface area (Å²) in [6, 6.07) is 5.27. The van der Waals surface area contributed by atoms with Crippen LogP contribution in [-0.4, -0.2) is 28.3 Å². The third kappa shape index (κ3) is 4.56. The number of rotatable bonds is 7. The molecule has 0 aliphatic heterocycles. The van der Waals surface area contributed by atoms with Crippen LogP contribution < -0.4 is 10.2 Å². The van der Waals surface area contributed by atoms with E-state index in [9.17, 15) is 13.2 Å². The normalized spacial score (nSPS) is 11.4. The second kappa shape index (κ2) is 7.94. The zero-order valence-corrected chi connectivity index (χ0v) is 13.6. The van der Waals surface area contributed by atoms with Gasteiger partial charge < -0.3 is 10.2 Å². The number of nitrogens with zero attached hydrogens (tertiary/aromatic N) is 4. The van der Waals surface area contributed by atoms with Gasteiger partial charge in [0.05, 0.1) is 17.4 Å². The Morgan fingerprint density at radius 2 is 1.75 bits per heavy atom. The SMILES string of the molecule is CCCN(CCC)c1nncc(Nc2ccccc2C(F)(F)F)n1. The zero-order chi connectivity index (χ0) is 17.6. The molecule has 2 rings (SSSR count). The first-order valence-corrected chi connectivity index (χ1v) is 7.83. The maximum atomic E-state index is 13.1. The molecular formula is C16H20F3N5. The molecule has 0 radical (unpaired) electrons. The van der Waals surface area contributed by atoms with Gasteiger partial charge in [0.15, 0.2) is 5.82 Å². The van der Waals surface area contributed by atoms with E-state index in [2.05, 4.69) is 20.5 Å². The fraction of sp³-hybridized carbons (Fsp3) is 0.438. The van der Waals surface area contributed by atoms with E-state index >= 15 is 0 Å². The van der Waals surface area contributed by atoms with Gasteiger partial charge in [-0.1, -0.05) is 26.0 Å². The van der Waals surface area contributed by atoms with Gasteiger partial charge >= 0.3 is 6.18 Å². The lowest BCUT2D eigenvalue weighted by atomic mass is 10.1. The van der Waals surface area contributed by atoms with Crippen LogP contribution in [-0.2, 0) is 6.18 Å². The molecule has 1 aromatic carbocycles. The molecule has 1 aromatic heterocycles. The number of alkyl halides is 3. The van der Waals surface area contributed by atoms with Crippen LogP contribution in [0.4, 0.5) is 30.6 Å². The number of para-hydroxylation sites is 1. The predicted octanol–water partition coefficient (Wildman–Crippen LogP) is 4.26. The highest BCUT2D eigenvalue weighted by Gasteiger charge is 2.33. The zero-order valence-electron chi connectivity index (χ0n) is 13.6. The molecule has 8 heteroatoms. The Kier molecular flexibility index (Phi) is 5.94. The average molecular weight is 339 g/mol. The number of halogens is 3. The highest BCUT2D eigenvalue weighted by molar-refractivity contribution is 5.61. The van der Waals surface area contributed by atoms with Crippen molar-refractivity contribution in [1.82, 2.24) is 15.2 Å². The molecule has 5 nitrogen and oxygen atoms in total. The van der Waals surface area contributed by atoms with Crippen LogP contribution in [0.25, 0.3) is 0 Å². The summed E-state index contributed by atoms with van der Waals surface area (Å²) in [5.41, 5.74) is -0.807. The lowest BCUT2D eigenvalue weighted by Crippen LogP contribution is -2.27. The van der Waals surface area contributed by atoms with Gasteiger partial charge in [0.2, 0.25) is 5.95 Å². The minimum absolute atomic E-state index is 0.0611. The topological polar surface area (TPSA) is 53.9 Å². The Morgan fingerprint density at radius 1 is 1.08 bits per heavy atom. The number of aromatic nitrogens is 3. The van der Waals surface area contributed by atoms with Crippen LogP contribution in [0.1, 0.15) is 32.3 Å². The summed E-state index contributed by atoms with van der Waals surface area (Å²) >= 11 is 0. The van der Waals surface area contributed by atoms with E-state index in [1.807, 2.05) is 18.7 Å². The van der Waals surface area contributed by atoms with Crippen molar-refractivity contribution in [2.45, 2.75) is 32.9 Å². The third-order valence-corrected chi connectivity index (χ3v) is 3.31. The fourth-order valence-corrected chi connectivity index (χ4v) is 2.32. The van der Waals surface area contributed by atoms with Gasteiger partial charge in [0.1, 0.15) is 0 Å². The highest BCUT2D eigenvalue weighted by atomic mass is 19.4.